The summed E-state index contributed by atoms with van der Waals surface area (Å²) in [4.78, 5) is 0. The normalized spacial score (nSPS) is 12.7. The fourth-order valence-corrected chi connectivity index (χ4v) is 1.71. The van der Waals surface area contributed by atoms with E-state index in [2.05, 4.69) is 19.1 Å². The maximum absolute atomic E-state index is 8.57. The van der Waals surface area contributed by atoms with Gasteiger partial charge in [-0.15, -0.1) is 0 Å². The van der Waals surface area contributed by atoms with Gasteiger partial charge in [0, 0.05) is 12.4 Å². The molecule has 0 bridgehead atoms. The Bertz CT molecular complexity index is 251. The quantitative estimate of drug-likeness (QED) is 0.567. The van der Waals surface area contributed by atoms with Gasteiger partial charge in [0.25, 0.3) is 0 Å². The first-order valence-electron chi connectivity index (χ1n) is 5.31. The summed E-state index contributed by atoms with van der Waals surface area (Å²) in [6.07, 6.45) is 2.07. The van der Waals surface area contributed by atoms with E-state index in [0.717, 1.165) is 30.6 Å². The molecule has 0 heterocycles. The predicted molar refractivity (Wildman–Crippen MR) is 65.1 cm³/mol. The highest BCUT2D eigenvalue weighted by molar-refractivity contribution is 7.93. The summed E-state index contributed by atoms with van der Waals surface area (Å²) >= 11 is 0.877. The molecule has 3 heteroatoms. The second-order valence-electron chi connectivity index (χ2n) is 3.37. The molecule has 1 atom stereocenters. The van der Waals surface area contributed by atoms with Crippen molar-refractivity contribution in [2.45, 2.75) is 25.9 Å². The Morgan fingerprint density at radius 2 is 2.07 bits per heavy atom. The SMILES string of the molecule is CCC(OCCCSO)c1ccccc1. The Morgan fingerprint density at radius 1 is 1.33 bits per heavy atom. The molecule has 0 spiro atoms. The summed E-state index contributed by atoms with van der Waals surface area (Å²) in [6.45, 7) is 2.83. The Balaban J connectivity index is 2.36. The van der Waals surface area contributed by atoms with Gasteiger partial charge < -0.3 is 9.29 Å². The van der Waals surface area contributed by atoms with Crippen molar-refractivity contribution in [3.05, 3.63) is 35.9 Å². The van der Waals surface area contributed by atoms with E-state index in [1.807, 2.05) is 18.2 Å². The molecule has 15 heavy (non-hydrogen) atoms. The van der Waals surface area contributed by atoms with E-state index in [-0.39, 0.29) is 6.10 Å². The Hall–Kier alpha value is -0.510. The average molecular weight is 226 g/mol. The van der Waals surface area contributed by atoms with Gasteiger partial charge in [-0.25, -0.2) is 0 Å². The zero-order chi connectivity index (χ0) is 10.9. The van der Waals surface area contributed by atoms with E-state index in [1.165, 1.54) is 5.56 Å². The minimum absolute atomic E-state index is 0.190. The van der Waals surface area contributed by atoms with Gasteiger partial charge in [-0.3, -0.25) is 0 Å². The van der Waals surface area contributed by atoms with Gasteiger partial charge >= 0.3 is 0 Å². The molecule has 2 nitrogen and oxygen atoms in total. The third-order valence-electron chi connectivity index (χ3n) is 2.24. The van der Waals surface area contributed by atoms with Crippen LogP contribution >= 0.6 is 12.0 Å². The molecule has 1 unspecified atom stereocenters. The van der Waals surface area contributed by atoms with E-state index in [9.17, 15) is 0 Å². The fraction of sp³-hybridized carbons (Fsp3) is 0.500. The highest BCUT2D eigenvalue weighted by Crippen LogP contribution is 2.20. The predicted octanol–water partition coefficient (Wildman–Crippen LogP) is 3.75. The fourth-order valence-electron chi connectivity index (χ4n) is 1.47. The largest absolute Gasteiger partial charge is 0.374 e. The highest BCUT2D eigenvalue weighted by atomic mass is 32.2. The maximum atomic E-state index is 8.57. The summed E-state index contributed by atoms with van der Waals surface area (Å²) in [7, 11) is 0. The molecule has 0 fully saturated rings. The topological polar surface area (TPSA) is 29.5 Å². The molecule has 0 saturated heterocycles. The van der Waals surface area contributed by atoms with Crippen LogP contribution in [0.15, 0.2) is 30.3 Å². The van der Waals surface area contributed by atoms with Gasteiger partial charge in [0.2, 0.25) is 0 Å². The zero-order valence-corrected chi connectivity index (χ0v) is 9.87. The van der Waals surface area contributed by atoms with Crippen molar-refractivity contribution in [3.8, 4) is 0 Å². The number of hydrogen-bond donors (Lipinski definition) is 1. The molecule has 1 aromatic rings. The van der Waals surface area contributed by atoms with Crippen LogP contribution in [0.5, 0.6) is 0 Å². The van der Waals surface area contributed by atoms with Gasteiger partial charge in [0.05, 0.1) is 6.10 Å². The van der Waals surface area contributed by atoms with Gasteiger partial charge in [0.15, 0.2) is 0 Å². The average Bonchev–Trinajstić information content (AvgIpc) is 2.30. The first-order chi connectivity index (χ1) is 7.38. The minimum atomic E-state index is 0.190. The summed E-state index contributed by atoms with van der Waals surface area (Å²) in [6, 6.07) is 10.3. The van der Waals surface area contributed by atoms with Crippen LogP contribution in [0.3, 0.4) is 0 Å². The van der Waals surface area contributed by atoms with Crippen molar-refractivity contribution in [2.24, 2.45) is 0 Å². The van der Waals surface area contributed by atoms with E-state index in [4.69, 9.17) is 9.29 Å². The lowest BCUT2D eigenvalue weighted by Gasteiger charge is -2.16. The Labute approximate surface area is 95.9 Å². The first kappa shape index (κ1) is 12.6. The van der Waals surface area contributed by atoms with E-state index in [0.29, 0.717) is 6.61 Å². The van der Waals surface area contributed by atoms with Crippen molar-refractivity contribution in [1.82, 2.24) is 0 Å². The number of hydrogen-bond acceptors (Lipinski definition) is 3. The van der Waals surface area contributed by atoms with E-state index < -0.39 is 0 Å². The van der Waals surface area contributed by atoms with Crippen LogP contribution in [-0.2, 0) is 4.74 Å². The lowest BCUT2D eigenvalue weighted by atomic mass is 10.1. The minimum Gasteiger partial charge on any atom is -0.374 e. The molecule has 1 N–H and O–H groups in total. The van der Waals surface area contributed by atoms with Crippen molar-refractivity contribution < 1.29 is 9.29 Å². The van der Waals surface area contributed by atoms with Crippen molar-refractivity contribution in [3.63, 3.8) is 0 Å². The summed E-state index contributed by atoms with van der Waals surface area (Å²) in [5, 5.41) is 0. The van der Waals surface area contributed by atoms with Gasteiger partial charge in [-0.2, -0.15) is 0 Å². The van der Waals surface area contributed by atoms with E-state index >= 15 is 0 Å². The standard InChI is InChI=1S/C12H18O2S/c1-2-12(14-9-6-10-15-13)11-7-4-3-5-8-11/h3-5,7-8,12-13H,2,6,9-10H2,1H3. The molecule has 1 aromatic carbocycles. The van der Waals surface area contributed by atoms with Crippen LogP contribution in [0.1, 0.15) is 31.4 Å². The smallest absolute Gasteiger partial charge is 0.0822 e. The van der Waals surface area contributed by atoms with Gasteiger partial charge in [-0.05, 0) is 30.4 Å². The molecule has 1 rings (SSSR count). The highest BCUT2D eigenvalue weighted by Gasteiger charge is 2.08. The monoisotopic (exact) mass is 226 g/mol. The van der Waals surface area contributed by atoms with Crippen molar-refractivity contribution in [2.75, 3.05) is 12.4 Å². The molecule has 0 aromatic heterocycles. The summed E-state index contributed by atoms with van der Waals surface area (Å²) in [5.41, 5.74) is 1.23. The molecule has 0 aliphatic heterocycles. The summed E-state index contributed by atoms with van der Waals surface area (Å²) < 4.78 is 14.3. The van der Waals surface area contributed by atoms with Gasteiger partial charge in [0.1, 0.15) is 0 Å². The lowest BCUT2D eigenvalue weighted by molar-refractivity contribution is 0.0508. The Kier molecular flexibility index (Phi) is 6.48. The zero-order valence-electron chi connectivity index (χ0n) is 9.06. The molecule has 0 amide bonds. The third kappa shape index (κ3) is 4.69. The number of rotatable bonds is 7. The lowest BCUT2D eigenvalue weighted by Crippen LogP contribution is -2.05. The van der Waals surface area contributed by atoms with Gasteiger partial charge in [-0.1, -0.05) is 37.3 Å². The van der Waals surface area contributed by atoms with E-state index in [1.54, 1.807) is 0 Å². The van der Waals surface area contributed by atoms with Crippen LogP contribution in [0.4, 0.5) is 0 Å². The summed E-state index contributed by atoms with van der Waals surface area (Å²) in [5.74, 6) is 0.741. The maximum Gasteiger partial charge on any atom is 0.0822 e. The first-order valence-corrected chi connectivity index (χ1v) is 6.25. The third-order valence-corrected chi connectivity index (χ3v) is 2.71. The van der Waals surface area contributed by atoms with Crippen LogP contribution in [0, 0.1) is 0 Å². The number of ether oxygens (including phenoxy) is 1. The molecular weight excluding hydrogens is 208 g/mol. The molecule has 0 saturated carbocycles. The van der Waals surface area contributed by atoms with Crippen molar-refractivity contribution >= 4 is 12.0 Å². The van der Waals surface area contributed by atoms with Crippen LogP contribution < -0.4 is 0 Å². The van der Waals surface area contributed by atoms with Crippen LogP contribution in [0.25, 0.3) is 0 Å². The second kappa shape index (κ2) is 7.74. The Morgan fingerprint density at radius 3 is 2.67 bits per heavy atom. The van der Waals surface area contributed by atoms with Crippen LogP contribution in [0.2, 0.25) is 0 Å². The number of benzene rings is 1. The van der Waals surface area contributed by atoms with Crippen molar-refractivity contribution in [1.29, 1.82) is 0 Å². The molecule has 0 aliphatic rings. The van der Waals surface area contributed by atoms with Crippen LogP contribution in [-0.4, -0.2) is 16.9 Å². The molecule has 0 aliphatic carbocycles. The molecular formula is C12H18O2S. The molecule has 84 valence electrons. The molecule has 0 radical (unpaired) electrons. The second-order valence-corrected chi connectivity index (χ2v) is 4.03.